The number of rotatable bonds is 8. The number of nitrogens with zero attached hydrogens (tertiary/aromatic N) is 1. The number of carbonyl (C=O) groups is 1. The molecule has 3 aromatic rings. The van der Waals surface area contributed by atoms with E-state index in [2.05, 4.69) is 22.2 Å². The highest BCUT2D eigenvalue weighted by atomic mass is 16.5. The average molecular weight is 367 g/mol. The fraction of sp³-hybridized carbons (Fsp3) is 0.333. The molecular formula is C21H25N3O3. The van der Waals surface area contributed by atoms with Gasteiger partial charge in [0.05, 0.1) is 31.3 Å². The summed E-state index contributed by atoms with van der Waals surface area (Å²) in [7, 11) is 3.08. The molecule has 0 saturated heterocycles. The fourth-order valence-corrected chi connectivity index (χ4v) is 3.13. The smallest absolute Gasteiger partial charge is 0.259 e. The van der Waals surface area contributed by atoms with E-state index in [4.69, 9.17) is 9.47 Å². The molecule has 1 atom stereocenters. The summed E-state index contributed by atoms with van der Waals surface area (Å²) in [6, 6.07) is 12.9. The molecule has 1 aromatic heterocycles. The minimum absolute atomic E-state index is 0.223. The largest absolute Gasteiger partial charge is 0.496 e. The number of H-pyrrole nitrogens is 1. The number of hydrogen-bond acceptors (Lipinski definition) is 4. The SMILES string of the molecule is CCCC[C@H](NC(=O)c1c(OC)cccc1OC)c1nc2ccccc2[nH]1. The second-order valence-corrected chi connectivity index (χ2v) is 6.35. The molecule has 2 aromatic carbocycles. The third kappa shape index (κ3) is 4.05. The standard InChI is InChI=1S/C21H25N3O3/c1-4-5-9-16(20-22-14-10-6-7-11-15(14)23-20)24-21(25)19-17(26-2)12-8-13-18(19)27-3/h6-8,10-13,16H,4-5,9H2,1-3H3,(H,22,23)(H,24,25)/t16-/m0/s1. The first kappa shape index (κ1) is 18.8. The lowest BCUT2D eigenvalue weighted by Crippen LogP contribution is -2.30. The first-order chi connectivity index (χ1) is 13.2. The Bertz CT molecular complexity index is 865. The Kier molecular flexibility index (Phi) is 5.96. The van der Waals surface area contributed by atoms with E-state index in [0.717, 1.165) is 36.1 Å². The number of nitrogens with one attached hydrogen (secondary N) is 2. The number of amides is 1. The zero-order chi connectivity index (χ0) is 19.2. The Hall–Kier alpha value is -3.02. The van der Waals surface area contributed by atoms with Crippen molar-refractivity contribution in [1.82, 2.24) is 15.3 Å². The molecule has 0 aliphatic rings. The zero-order valence-electron chi connectivity index (χ0n) is 15.9. The summed E-state index contributed by atoms with van der Waals surface area (Å²) in [6.07, 6.45) is 2.80. The van der Waals surface area contributed by atoms with E-state index in [1.807, 2.05) is 24.3 Å². The predicted octanol–water partition coefficient (Wildman–Crippen LogP) is 4.24. The Labute approximate surface area is 158 Å². The van der Waals surface area contributed by atoms with E-state index in [-0.39, 0.29) is 11.9 Å². The van der Waals surface area contributed by atoms with Gasteiger partial charge in [-0.05, 0) is 30.7 Å². The van der Waals surface area contributed by atoms with Crippen LogP contribution in [0, 0.1) is 0 Å². The van der Waals surface area contributed by atoms with Gasteiger partial charge in [0.1, 0.15) is 22.9 Å². The number of fused-ring (bicyclic) bond motifs is 1. The Balaban J connectivity index is 1.92. The Morgan fingerprint density at radius 2 is 1.81 bits per heavy atom. The summed E-state index contributed by atoms with van der Waals surface area (Å²) in [4.78, 5) is 21.0. The van der Waals surface area contributed by atoms with Crippen LogP contribution >= 0.6 is 0 Å². The summed E-state index contributed by atoms with van der Waals surface area (Å²) >= 11 is 0. The summed E-state index contributed by atoms with van der Waals surface area (Å²) in [5.41, 5.74) is 2.23. The van der Waals surface area contributed by atoms with Crippen molar-refractivity contribution in [1.29, 1.82) is 0 Å². The Morgan fingerprint density at radius 3 is 2.44 bits per heavy atom. The lowest BCUT2D eigenvalue weighted by molar-refractivity contribution is 0.0926. The van der Waals surface area contributed by atoms with Gasteiger partial charge in [0, 0.05) is 0 Å². The van der Waals surface area contributed by atoms with Gasteiger partial charge in [-0.1, -0.05) is 38.0 Å². The number of para-hydroxylation sites is 2. The maximum Gasteiger partial charge on any atom is 0.259 e. The molecule has 27 heavy (non-hydrogen) atoms. The lowest BCUT2D eigenvalue weighted by atomic mass is 10.1. The van der Waals surface area contributed by atoms with Crippen molar-refractivity contribution in [3.05, 3.63) is 53.9 Å². The van der Waals surface area contributed by atoms with Gasteiger partial charge in [-0.15, -0.1) is 0 Å². The summed E-state index contributed by atoms with van der Waals surface area (Å²) in [6.45, 7) is 2.13. The molecule has 3 rings (SSSR count). The molecule has 1 heterocycles. The van der Waals surface area contributed by atoms with E-state index in [9.17, 15) is 4.79 Å². The number of hydrogen-bond donors (Lipinski definition) is 2. The van der Waals surface area contributed by atoms with Crippen molar-refractivity contribution < 1.29 is 14.3 Å². The normalized spacial score (nSPS) is 12.0. The number of methoxy groups -OCH3 is 2. The van der Waals surface area contributed by atoms with Gasteiger partial charge in [0.2, 0.25) is 0 Å². The number of imidazole rings is 1. The minimum atomic E-state index is -0.245. The van der Waals surface area contributed by atoms with Crippen LogP contribution in [0.5, 0.6) is 11.5 Å². The second kappa shape index (κ2) is 8.58. The van der Waals surface area contributed by atoms with Crippen molar-refractivity contribution in [3.8, 4) is 11.5 Å². The molecule has 6 nitrogen and oxygen atoms in total. The number of aromatic nitrogens is 2. The second-order valence-electron chi connectivity index (χ2n) is 6.35. The van der Waals surface area contributed by atoms with Crippen LogP contribution in [-0.2, 0) is 0 Å². The first-order valence-corrected chi connectivity index (χ1v) is 9.14. The number of ether oxygens (including phenoxy) is 2. The van der Waals surface area contributed by atoms with Crippen molar-refractivity contribution >= 4 is 16.9 Å². The molecule has 0 saturated carbocycles. The van der Waals surface area contributed by atoms with Crippen molar-refractivity contribution in [3.63, 3.8) is 0 Å². The van der Waals surface area contributed by atoms with Crippen LogP contribution in [0.15, 0.2) is 42.5 Å². The molecule has 0 spiro atoms. The molecule has 0 radical (unpaired) electrons. The van der Waals surface area contributed by atoms with Crippen molar-refractivity contribution in [2.24, 2.45) is 0 Å². The van der Waals surface area contributed by atoms with Gasteiger partial charge in [0.25, 0.3) is 5.91 Å². The molecule has 0 fully saturated rings. The molecule has 142 valence electrons. The van der Waals surface area contributed by atoms with Crippen LogP contribution in [0.25, 0.3) is 11.0 Å². The lowest BCUT2D eigenvalue weighted by Gasteiger charge is -2.19. The van der Waals surface area contributed by atoms with E-state index in [1.54, 1.807) is 32.4 Å². The molecule has 1 amide bonds. The highest BCUT2D eigenvalue weighted by molar-refractivity contribution is 6.00. The highest BCUT2D eigenvalue weighted by Gasteiger charge is 2.23. The Morgan fingerprint density at radius 1 is 1.11 bits per heavy atom. The van der Waals surface area contributed by atoms with Gasteiger partial charge in [-0.25, -0.2) is 4.98 Å². The predicted molar refractivity (Wildman–Crippen MR) is 105 cm³/mol. The third-order valence-electron chi connectivity index (χ3n) is 4.54. The van der Waals surface area contributed by atoms with Crippen molar-refractivity contribution in [2.45, 2.75) is 32.2 Å². The number of benzene rings is 2. The average Bonchev–Trinajstić information content (AvgIpc) is 3.14. The molecule has 0 unspecified atom stereocenters. The van der Waals surface area contributed by atoms with Crippen LogP contribution in [-0.4, -0.2) is 30.1 Å². The highest BCUT2D eigenvalue weighted by Crippen LogP contribution is 2.29. The van der Waals surface area contributed by atoms with Gasteiger partial charge >= 0.3 is 0 Å². The van der Waals surface area contributed by atoms with Gasteiger partial charge in [-0.2, -0.15) is 0 Å². The van der Waals surface area contributed by atoms with Gasteiger partial charge in [-0.3, -0.25) is 4.79 Å². The molecule has 6 heteroatoms. The maximum absolute atomic E-state index is 13.1. The third-order valence-corrected chi connectivity index (χ3v) is 4.54. The fourth-order valence-electron chi connectivity index (χ4n) is 3.13. The minimum Gasteiger partial charge on any atom is -0.496 e. The topological polar surface area (TPSA) is 76.2 Å². The summed E-state index contributed by atoms with van der Waals surface area (Å²) in [5, 5.41) is 3.10. The monoisotopic (exact) mass is 367 g/mol. The zero-order valence-corrected chi connectivity index (χ0v) is 15.9. The van der Waals surface area contributed by atoms with E-state index in [1.165, 1.54) is 0 Å². The van der Waals surface area contributed by atoms with Crippen LogP contribution in [0.4, 0.5) is 0 Å². The molecular weight excluding hydrogens is 342 g/mol. The van der Waals surface area contributed by atoms with Crippen LogP contribution < -0.4 is 14.8 Å². The van der Waals surface area contributed by atoms with Crippen LogP contribution in [0.3, 0.4) is 0 Å². The van der Waals surface area contributed by atoms with E-state index in [0.29, 0.717) is 17.1 Å². The van der Waals surface area contributed by atoms with Crippen LogP contribution in [0.1, 0.15) is 48.4 Å². The van der Waals surface area contributed by atoms with Crippen molar-refractivity contribution in [2.75, 3.05) is 14.2 Å². The quantitative estimate of drug-likeness (QED) is 0.624. The molecule has 2 N–H and O–H groups in total. The molecule has 0 aliphatic carbocycles. The molecule has 0 aliphatic heterocycles. The summed E-state index contributed by atoms with van der Waals surface area (Å²) < 4.78 is 10.7. The molecule has 0 bridgehead atoms. The number of aromatic amines is 1. The van der Waals surface area contributed by atoms with E-state index >= 15 is 0 Å². The summed E-state index contributed by atoms with van der Waals surface area (Å²) in [5.74, 6) is 1.47. The first-order valence-electron chi connectivity index (χ1n) is 9.14. The number of carbonyl (C=O) groups excluding carboxylic acids is 1. The number of unbranched alkanes of at least 4 members (excludes halogenated alkanes) is 1. The van der Waals surface area contributed by atoms with Crippen LogP contribution in [0.2, 0.25) is 0 Å². The van der Waals surface area contributed by atoms with Gasteiger partial charge in [0.15, 0.2) is 0 Å². The van der Waals surface area contributed by atoms with E-state index < -0.39 is 0 Å². The maximum atomic E-state index is 13.1. The van der Waals surface area contributed by atoms with Gasteiger partial charge < -0.3 is 19.8 Å².